The van der Waals surface area contributed by atoms with Crippen LogP contribution in [0.15, 0.2) is 205 Å². The Morgan fingerprint density at radius 2 is 1.04 bits per heavy atom. The van der Waals surface area contributed by atoms with E-state index >= 15 is 0 Å². The molecular weight excluding hydrogens is 671 g/mol. The topological polar surface area (TPSA) is 34.2 Å². The van der Waals surface area contributed by atoms with Crippen LogP contribution in [0.5, 0.6) is 0 Å². The van der Waals surface area contributed by atoms with Gasteiger partial charge in [-0.05, 0) is 106 Å². The van der Waals surface area contributed by atoms with Crippen LogP contribution in [-0.4, -0.2) is 9.55 Å². The van der Waals surface area contributed by atoms with E-state index in [1.165, 1.54) is 49.3 Å². The number of nitrogens with zero attached hydrogens (tertiary/aromatic N) is 3. The molecule has 0 aliphatic heterocycles. The molecule has 3 aromatic heterocycles. The van der Waals surface area contributed by atoms with E-state index in [2.05, 4.69) is 196 Å². The first-order valence-corrected chi connectivity index (χ1v) is 18.6. The average Bonchev–Trinajstić information content (AvgIpc) is 3.80. The van der Waals surface area contributed by atoms with E-state index in [-0.39, 0.29) is 0 Å². The fraction of sp³-hybridized carbons (Fsp3) is 0. The summed E-state index contributed by atoms with van der Waals surface area (Å²) in [6.45, 7) is 0. The van der Waals surface area contributed by atoms with Crippen LogP contribution in [-0.2, 0) is 0 Å². The first-order chi connectivity index (χ1) is 27.3. The number of aromatic nitrogens is 2. The molecule has 258 valence electrons. The second-order valence-electron chi connectivity index (χ2n) is 14.0. The zero-order valence-electron chi connectivity index (χ0n) is 29.8. The minimum Gasteiger partial charge on any atom is -0.454 e. The van der Waals surface area contributed by atoms with E-state index in [1.807, 2.05) is 18.3 Å². The van der Waals surface area contributed by atoms with Crippen molar-refractivity contribution in [1.29, 1.82) is 0 Å². The molecule has 0 aliphatic carbocycles. The number of fused-ring (bicyclic) bond motifs is 7. The number of para-hydroxylation sites is 3. The third-order valence-electron chi connectivity index (χ3n) is 10.8. The van der Waals surface area contributed by atoms with Gasteiger partial charge in [0.15, 0.2) is 5.58 Å². The van der Waals surface area contributed by atoms with Crippen LogP contribution >= 0.6 is 0 Å². The number of hydrogen-bond acceptors (Lipinski definition) is 3. The summed E-state index contributed by atoms with van der Waals surface area (Å²) in [5.41, 5.74) is 13.8. The Morgan fingerprint density at radius 3 is 1.80 bits per heavy atom. The SMILES string of the molecule is c1ccc(-n2c3ccccc3c3ccccc32)c(-c2ccc(N(c3ccc(-c4ccc5ccccc5c4)cc3)c3ccc4oc5cccnc5c4c3)cc2)c1. The van der Waals surface area contributed by atoms with Gasteiger partial charge in [-0.3, -0.25) is 4.98 Å². The van der Waals surface area contributed by atoms with Gasteiger partial charge in [-0.2, -0.15) is 0 Å². The zero-order chi connectivity index (χ0) is 36.3. The minimum absolute atomic E-state index is 0.784. The average molecular weight is 704 g/mol. The molecule has 4 nitrogen and oxygen atoms in total. The first-order valence-electron chi connectivity index (χ1n) is 18.6. The molecule has 0 fully saturated rings. The van der Waals surface area contributed by atoms with E-state index in [0.717, 1.165) is 50.4 Å². The quantitative estimate of drug-likeness (QED) is 0.173. The van der Waals surface area contributed by atoms with E-state index in [0.29, 0.717) is 0 Å². The molecule has 0 unspecified atom stereocenters. The van der Waals surface area contributed by atoms with Crippen molar-refractivity contribution in [3.05, 3.63) is 200 Å². The summed E-state index contributed by atoms with van der Waals surface area (Å²) in [4.78, 5) is 6.99. The van der Waals surface area contributed by atoms with Crippen LogP contribution in [0.25, 0.3) is 82.6 Å². The smallest absolute Gasteiger partial charge is 0.153 e. The van der Waals surface area contributed by atoms with Crippen LogP contribution < -0.4 is 4.90 Å². The Morgan fingerprint density at radius 1 is 0.418 bits per heavy atom. The van der Waals surface area contributed by atoms with E-state index < -0.39 is 0 Å². The number of pyridine rings is 1. The Kier molecular flexibility index (Phi) is 7.14. The lowest BCUT2D eigenvalue weighted by Crippen LogP contribution is -2.09. The van der Waals surface area contributed by atoms with Gasteiger partial charge in [0, 0.05) is 45.0 Å². The molecule has 0 spiro atoms. The van der Waals surface area contributed by atoms with Crippen molar-refractivity contribution in [1.82, 2.24) is 9.55 Å². The molecule has 11 rings (SSSR count). The number of hydrogen-bond donors (Lipinski definition) is 0. The van der Waals surface area contributed by atoms with Crippen molar-refractivity contribution in [3.63, 3.8) is 0 Å². The van der Waals surface area contributed by atoms with Crippen molar-refractivity contribution in [2.75, 3.05) is 4.90 Å². The molecule has 0 aliphatic rings. The number of furan rings is 1. The van der Waals surface area contributed by atoms with Crippen molar-refractivity contribution >= 4 is 71.7 Å². The fourth-order valence-electron chi connectivity index (χ4n) is 8.23. The highest BCUT2D eigenvalue weighted by molar-refractivity contribution is 6.10. The van der Waals surface area contributed by atoms with E-state index in [9.17, 15) is 0 Å². The van der Waals surface area contributed by atoms with Crippen molar-refractivity contribution in [3.8, 4) is 27.9 Å². The largest absolute Gasteiger partial charge is 0.454 e. The van der Waals surface area contributed by atoms with Crippen LogP contribution in [0, 0.1) is 0 Å². The summed E-state index contributed by atoms with van der Waals surface area (Å²) < 4.78 is 8.57. The predicted octanol–water partition coefficient (Wildman–Crippen LogP) is 14.0. The van der Waals surface area contributed by atoms with Gasteiger partial charge in [-0.25, -0.2) is 0 Å². The first kappa shape index (κ1) is 31.1. The lowest BCUT2D eigenvalue weighted by atomic mass is 10.0. The number of rotatable bonds is 6. The van der Waals surface area contributed by atoms with Crippen molar-refractivity contribution in [2.45, 2.75) is 0 Å². The third-order valence-corrected chi connectivity index (χ3v) is 10.8. The standard InChI is InChI=1S/C51H33N3O/c1-2-11-37-32-38(20-19-34(37)10-1)35-21-25-39(26-22-35)53(41-29-30-49-45(33-41)51-50(55-49)18-9-31-52-51)40-27-23-36(24-28-40)42-12-3-6-15-46(42)54-47-16-7-4-13-43(47)44-14-5-8-17-48(44)54/h1-33H. The predicted molar refractivity (Wildman–Crippen MR) is 229 cm³/mol. The molecule has 0 amide bonds. The zero-order valence-corrected chi connectivity index (χ0v) is 29.8. The fourth-order valence-corrected chi connectivity index (χ4v) is 8.23. The molecule has 11 aromatic rings. The van der Waals surface area contributed by atoms with Crippen LogP contribution in [0.1, 0.15) is 0 Å². The molecular formula is C51H33N3O. The lowest BCUT2D eigenvalue weighted by Gasteiger charge is -2.26. The van der Waals surface area contributed by atoms with Gasteiger partial charge >= 0.3 is 0 Å². The van der Waals surface area contributed by atoms with Crippen LogP contribution in [0.4, 0.5) is 17.1 Å². The molecule has 55 heavy (non-hydrogen) atoms. The Bertz CT molecular complexity index is 3160. The molecule has 0 N–H and O–H groups in total. The molecule has 4 heteroatoms. The summed E-state index contributed by atoms with van der Waals surface area (Å²) in [7, 11) is 0. The van der Waals surface area contributed by atoms with Gasteiger partial charge in [0.2, 0.25) is 0 Å². The lowest BCUT2D eigenvalue weighted by molar-refractivity contribution is 0.668. The summed E-state index contributed by atoms with van der Waals surface area (Å²) in [5, 5.41) is 5.97. The molecule has 8 aromatic carbocycles. The highest BCUT2D eigenvalue weighted by atomic mass is 16.3. The van der Waals surface area contributed by atoms with Gasteiger partial charge in [-0.1, -0.05) is 115 Å². The number of anilines is 3. The summed E-state index contributed by atoms with van der Waals surface area (Å²) in [5.74, 6) is 0. The molecule has 0 radical (unpaired) electrons. The molecule has 0 atom stereocenters. The third kappa shape index (κ3) is 5.19. The summed E-state index contributed by atoms with van der Waals surface area (Å²) in [6, 6.07) is 69.3. The maximum Gasteiger partial charge on any atom is 0.153 e. The van der Waals surface area contributed by atoms with E-state index in [4.69, 9.17) is 4.42 Å². The van der Waals surface area contributed by atoms with Crippen molar-refractivity contribution in [2.24, 2.45) is 0 Å². The van der Waals surface area contributed by atoms with Gasteiger partial charge in [0.25, 0.3) is 0 Å². The number of benzene rings is 8. The molecule has 0 bridgehead atoms. The van der Waals surface area contributed by atoms with Gasteiger partial charge < -0.3 is 13.9 Å². The van der Waals surface area contributed by atoms with Crippen LogP contribution in [0.2, 0.25) is 0 Å². The summed E-state index contributed by atoms with van der Waals surface area (Å²) >= 11 is 0. The monoisotopic (exact) mass is 703 g/mol. The van der Waals surface area contributed by atoms with Gasteiger partial charge in [0.05, 0.1) is 16.7 Å². The van der Waals surface area contributed by atoms with Gasteiger partial charge in [-0.15, -0.1) is 0 Å². The normalized spacial score (nSPS) is 11.6. The van der Waals surface area contributed by atoms with Crippen LogP contribution in [0.3, 0.4) is 0 Å². The van der Waals surface area contributed by atoms with Gasteiger partial charge in [0.1, 0.15) is 11.1 Å². The Hall–Kier alpha value is -7.43. The molecule has 0 saturated carbocycles. The maximum absolute atomic E-state index is 6.17. The second-order valence-corrected chi connectivity index (χ2v) is 14.0. The molecule has 0 saturated heterocycles. The van der Waals surface area contributed by atoms with E-state index in [1.54, 1.807) is 0 Å². The minimum atomic E-state index is 0.784. The maximum atomic E-state index is 6.17. The Labute approximate surface area is 317 Å². The highest BCUT2D eigenvalue weighted by Crippen LogP contribution is 2.41. The highest BCUT2D eigenvalue weighted by Gasteiger charge is 2.18. The second kappa shape index (κ2) is 12.6. The van der Waals surface area contributed by atoms with Crippen molar-refractivity contribution < 1.29 is 4.42 Å². The summed E-state index contributed by atoms with van der Waals surface area (Å²) in [6.07, 6.45) is 1.82. The molecule has 3 heterocycles. The Balaban J connectivity index is 1.03.